The minimum Gasteiger partial charge on any atom is -0.451 e. The zero-order chi connectivity index (χ0) is 30.5. The van der Waals surface area contributed by atoms with Crippen molar-refractivity contribution in [1.29, 1.82) is 0 Å². The molecule has 1 N–H and O–H groups in total. The summed E-state index contributed by atoms with van der Waals surface area (Å²) in [7, 11) is 0. The normalized spacial score (nSPS) is 25.4. The summed E-state index contributed by atoms with van der Waals surface area (Å²) >= 11 is 0. The van der Waals surface area contributed by atoms with Gasteiger partial charge in [0.15, 0.2) is 6.10 Å². The van der Waals surface area contributed by atoms with E-state index >= 15 is 0 Å². The minimum absolute atomic E-state index is 0.203. The van der Waals surface area contributed by atoms with Crippen LogP contribution < -0.4 is 5.32 Å². The fraction of sp³-hybridized carbons (Fsp3) is 0.481. The number of halogens is 7. The molecule has 0 heterocycles. The van der Waals surface area contributed by atoms with E-state index in [0.717, 1.165) is 24.3 Å². The van der Waals surface area contributed by atoms with Crippen molar-refractivity contribution in [3.8, 4) is 0 Å². The number of nitro groups is 1. The maximum Gasteiger partial charge on any atom is 0.423 e. The third-order valence-corrected chi connectivity index (χ3v) is 8.73. The van der Waals surface area contributed by atoms with E-state index in [4.69, 9.17) is 4.74 Å². The molecule has 3 unspecified atom stereocenters. The van der Waals surface area contributed by atoms with E-state index in [-0.39, 0.29) is 12.0 Å². The van der Waals surface area contributed by atoms with Gasteiger partial charge in [0, 0.05) is 11.8 Å². The van der Waals surface area contributed by atoms with Crippen LogP contribution in [-0.2, 0) is 20.5 Å². The molecule has 0 spiro atoms. The quantitative estimate of drug-likeness (QED) is 0.160. The zero-order valence-corrected chi connectivity index (χ0v) is 21.7. The van der Waals surface area contributed by atoms with Gasteiger partial charge in [-0.3, -0.25) is 19.7 Å². The summed E-state index contributed by atoms with van der Waals surface area (Å²) in [5, 5.41) is 13.0. The number of nitrogens with one attached hydrogen (secondary N) is 1. The molecule has 2 aromatic rings. The first-order chi connectivity index (χ1) is 18.9. The van der Waals surface area contributed by atoms with E-state index in [1.54, 1.807) is 6.92 Å². The van der Waals surface area contributed by atoms with Crippen LogP contribution in [0.25, 0.3) is 0 Å². The molecule has 4 rings (SSSR count). The lowest BCUT2D eigenvalue weighted by molar-refractivity contribution is -0.388. The average Bonchev–Trinajstić information content (AvgIpc) is 3.28. The number of carbonyl (C=O) groups is 2. The number of rotatable bonds is 7. The van der Waals surface area contributed by atoms with Crippen LogP contribution in [0.5, 0.6) is 0 Å². The summed E-state index contributed by atoms with van der Waals surface area (Å²) in [5.74, 6) is -6.58. The van der Waals surface area contributed by atoms with Crippen molar-refractivity contribution in [1.82, 2.24) is 0 Å². The number of nitro benzene ring substituents is 1. The SMILES string of the molecule is CC12CCC(CC1)C2(C)C(=O)OC(C(=O)Nc1ccc([N+](=O)[O-])c(C(F)(F)F)c1)C(c1ccc(F)cc1)C(F)(F)F. The van der Waals surface area contributed by atoms with Crippen LogP contribution >= 0.6 is 0 Å². The third kappa shape index (κ3) is 5.47. The molecule has 2 aliphatic carbocycles. The van der Waals surface area contributed by atoms with Crippen molar-refractivity contribution in [2.24, 2.45) is 16.7 Å². The number of hydrogen-bond donors (Lipinski definition) is 1. The van der Waals surface area contributed by atoms with E-state index in [1.807, 2.05) is 12.2 Å². The van der Waals surface area contributed by atoms with Gasteiger partial charge in [0.25, 0.3) is 11.6 Å². The first-order valence-electron chi connectivity index (χ1n) is 12.6. The number of amides is 1. The molecule has 2 fully saturated rings. The second-order valence-electron chi connectivity index (χ2n) is 10.9. The van der Waals surface area contributed by atoms with Crippen molar-refractivity contribution in [2.45, 2.75) is 63.9 Å². The molecular weight excluding hydrogens is 565 g/mol. The highest BCUT2D eigenvalue weighted by Gasteiger charge is 2.65. The first-order valence-corrected chi connectivity index (χ1v) is 12.6. The number of ether oxygens (including phenoxy) is 1. The van der Waals surface area contributed by atoms with Crippen molar-refractivity contribution < 1.29 is 50.0 Å². The number of alkyl halides is 6. The van der Waals surface area contributed by atoms with E-state index in [2.05, 4.69) is 0 Å². The molecule has 7 nitrogen and oxygen atoms in total. The Bertz CT molecular complexity index is 1350. The van der Waals surface area contributed by atoms with Crippen molar-refractivity contribution in [3.05, 3.63) is 69.5 Å². The van der Waals surface area contributed by atoms with Gasteiger partial charge >= 0.3 is 18.3 Å². The molecule has 2 aromatic carbocycles. The zero-order valence-electron chi connectivity index (χ0n) is 21.7. The Labute approximate surface area is 229 Å². The maximum atomic E-state index is 14.5. The third-order valence-electron chi connectivity index (χ3n) is 8.73. The number of hydrogen-bond acceptors (Lipinski definition) is 5. The summed E-state index contributed by atoms with van der Waals surface area (Å²) in [4.78, 5) is 36.7. The number of fused-ring (bicyclic) bond motifs is 2. The van der Waals surface area contributed by atoms with Gasteiger partial charge in [-0.2, -0.15) is 26.3 Å². The van der Waals surface area contributed by atoms with Gasteiger partial charge in [-0.05, 0) is 73.8 Å². The van der Waals surface area contributed by atoms with Crippen LogP contribution in [-0.4, -0.2) is 29.1 Å². The predicted molar refractivity (Wildman–Crippen MR) is 130 cm³/mol. The standard InChI is InChI=1S/C27H25F7N2O5/c1-24-11-9-15(10-12-24)25(24,2)23(38)41-21(20(27(32,33)34)14-3-5-16(28)6-4-14)22(37)35-17-7-8-19(36(39)40)18(13-17)26(29,30)31/h3-8,13,15,20-21H,9-12H2,1-2H3,(H,35,37). The van der Waals surface area contributed by atoms with Gasteiger partial charge in [0.05, 0.1) is 10.3 Å². The molecule has 222 valence electrons. The minimum atomic E-state index is -5.23. The van der Waals surface area contributed by atoms with Crippen molar-refractivity contribution in [2.75, 3.05) is 5.32 Å². The van der Waals surface area contributed by atoms with Gasteiger partial charge < -0.3 is 10.1 Å². The Morgan fingerprint density at radius 3 is 2.07 bits per heavy atom. The number of carbonyl (C=O) groups excluding carboxylic acids is 2. The lowest BCUT2D eigenvalue weighted by atomic mass is 9.69. The van der Waals surface area contributed by atoms with E-state index in [9.17, 15) is 50.4 Å². The van der Waals surface area contributed by atoms with Crippen LogP contribution in [0.1, 0.15) is 56.6 Å². The monoisotopic (exact) mass is 590 g/mol. The predicted octanol–water partition coefficient (Wildman–Crippen LogP) is 7.17. The van der Waals surface area contributed by atoms with Crippen LogP contribution in [0, 0.1) is 32.7 Å². The molecule has 1 amide bonds. The smallest absolute Gasteiger partial charge is 0.423 e. The molecule has 3 atom stereocenters. The highest BCUT2D eigenvalue weighted by Crippen LogP contribution is 2.66. The lowest BCUT2D eigenvalue weighted by Crippen LogP contribution is -2.48. The Balaban J connectivity index is 1.76. The fourth-order valence-electron chi connectivity index (χ4n) is 6.19. The van der Waals surface area contributed by atoms with Crippen LogP contribution in [0.15, 0.2) is 42.5 Å². The summed E-state index contributed by atoms with van der Waals surface area (Å²) in [6, 6.07) is 4.32. The van der Waals surface area contributed by atoms with Gasteiger partial charge in [0.2, 0.25) is 0 Å². The summed E-state index contributed by atoms with van der Waals surface area (Å²) in [5.41, 5.74) is -6.25. The molecular formula is C27H25F7N2O5. The second kappa shape index (κ2) is 10.3. The number of anilines is 1. The molecule has 2 saturated carbocycles. The fourth-order valence-corrected chi connectivity index (χ4v) is 6.19. The van der Waals surface area contributed by atoms with Crippen molar-refractivity contribution in [3.63, 3.8) is 0 Å². The van der Waals surface area contributed by atoms with Crippen LogP contribution in [0.4, 0.5) is 42.1 Å². The molecule has 2 aliphatic rings. The molecule has 0 radical (unpaired) electrons. The van der Waals surface area contributed by atoms with Gasteiger partial charge in [-0.25, -0.2) is 4.39 Å². The Morgan fingerprint density at radius 1 is 1.02 bits per heavy atom. The molecule has 0 aliphatic heterocycles. The van der Waals surface area contributed by atoms with E-state index in [0.29, 0.717) is 37.8 Å². The molecule has 14 heteroatoms. The van der Waals surface area contributed by atoms with E-state index < -0.39 is 80.3 Å². The molecule has 0 aromatic heterocycles. The first kappa shape index (κ1) is 30.3. The Morgan fingerprint density at radius 2 is 1.61 bits per heavy atom. The Hall–Kier alpha value is -3.71. The maximum absolute atomic E-state index is 14.5. The second-order valence-corrected chi connectivity index (χ2v) is 10.9. The highest BCUT2D eigenvalue weighted by atomic mass is 19.4. The number of nitrogens with zero attached hydrogens (tertiary/aromatic N) is 1. The van der Waals surface area contributed by atoms with Crippen LogP contribution in [0.3, 0.4) is 0 Å². The molecule has 2 bridgehead atoms. The van der Waals surface area contributed by atoms with Crippen molar-refractivity contribution >= 4 is 23.3 Å². The van der Waals surface area contributed by atoms with E-state index in [1.165, 1.54) is 0 Å². The van der Waals surface area contributed by atoms with Gasteiger partial charge in [0.1, 0.15) is 17.3 Å². The molecule has 41 heavy (non-hydrogen) atoms. The summed E-state index contributed by atoms with van der Waals surface area (Å²) in [6.45, 7) is 3.38. The largest absolute Gasteiger partial charge is 0.451 e. The van der Waals surface area contributed by atoms with Gasteiger partial charge in [-0.1, -0.05) is 19.1 Å². The molecule has 0 saturated heterocycles. The lowest BCUT2D eigenvalue weighted by Gasteiger charge is -2.38. The number of esters is 1. The average molecular weight is 590 g/mol. The highest BCUT2D eigenvalue weighted by molar-refractivity contribution is 5.97. The Kier molecular flexibility index (Phi) is 7.59. The summed E-state index contributed by atoms with van der Waals surface area (Å²) < 4.78 is 103. The van der Waals surface area contributed by atoms with Crippen LogP contribution in [0.2, 0.25) is 0 Å². The number of benzene rings is 2. The van der Waals surface area contributed by atoms with Gasteiger partial charge in [-0.15, -0.1) is 0 Å². The topological polar surface area (TPSA) is 98.5 Å². The summed E-state index contributed by atoms with van der Waals surface area (Å²) in [6.07, 6.45) is -10.6.